The predicted octanol–water partition coefficient (Wildman–Crippen LogP) is -0.119. The van der Waals surface area contributed by atoms with E-state index in [4.69, 9.17) is 16.1 Å². The fourth-order valence-corrected chi connectivity index (χ4v) is 1.77. The SMILES string of the molecule is N#CCOC(=O)c1ccc(CNC(=O)C(N)CCC(=O)O)cc1O. The van der Waals surface area contributed by atoms with Gasteiger partial charge in [0.05, 0.1) is 6.04 Å². The number of hydrogen-bond acceptors (Lipinski definition) is 7. The number of nitrogens with one attached hydrogen (secondary N) is 1. The zero-order valence-corrected chi connectivity index (χ0v) is 12.7. The number of phenolic OH excluding ortho intramolecular Hbond substituents is 1. The number of amides is 1. The van der Waals surface area contributed by atoms with Crippen LogP contribution in [0.2, 0.25) is 0 Å². The van der Waals surface area contributed by atoms with Gasteiger partial charge in [-0.3, -0.25) is 9.59 Å². The summed E-state index contributed by atoms with van der Waals surface area (Å²) in [6.07, 6.45) is -0.203. The van der Waals surface area contributed by atoms with Crippen molar-refractivity contribution in [1.82, 2.24) is 5.32 Å². The molecule has 0 fully saturated rings. The number of carbonyl (C=O) groups excluding carboxylic acids is 2. The van der Waals surface area contributed by atoms with Crippen LogP contribution < -0.4 is 11.1 Å². The second kappa shape index (κ2) is 9.12. The fraction of sp³-hybridized carbons (Fsp3) is 0.333. The van der Waals surface area contributed by atoms with E-state index in [1.54, 1.807) is 6.07 Å². The first-order chi connectivity index (χ1) is 11.3. The Morgan fingerprint density at radius 3 is 2.67 bits per heavy atom. The molecule has 0 saturated heterocycles. The van der Waals surface area contributed by atoms with E-state index in [1.807, 2.05) is 0 Å². The molecule has 9 heteroatoms. The number of nitrogens with zero attached hydrogens (tertiary/aromatic N) is 1. The van der Waals surface area contributed by atoms with E-state index in [-0.39, 0.29) is 30.7 Å². The highest BCUT2D eigenvalue weighted by molar-refractivity contribution is 5.92. The number of benzene rings is 1. The van der Waals surface area contributed by atoms with E-state index in [2.05, 4.69) is 10.1 Å². The highest BCUT2D eigenvalue weighted by Crippen LogP contribution is 2.19. The lowest BCUT2D eigenvalue weighted by molar-refractivity contribution is -0.137. The molecule has 1 aromatic carbocycles. The minimum atomic E-state index is -1.04. The van der Waals surface area contributed by atoms with Crippen molar-refractivity contribution in [3.63, 3.8) is 0 Å². The van der Waals surface area contributed by atoms with Crippen molar-refractivity contribution >= 4 is 17.8 Å². The van der Waals surface area contributed by atoms with Crippen LogP contribution in [0.3, 0.4) is 0 Å². The van der Waals surface area contributed by atoms with Crippen molar-refractivity contribution in [1.29, 1.82) is 5.26 Å². The summed E-state index contributed by atoms with van der Waals surface area (Å²) in [6, 6.07) is 4.76. The minimum Gasteiger partial charge on any atom is -0.507 e. The van der Waals surface area contributed by atoms with Crippen molar-refractivity contribution in [3.8, 4) is 11.8 Å². The molecule has 0 radical (unpaired) electrons. The summed E-state index contributed by atoms with van der Waals surface area (Å²) in [5, 5.41) is 29.2. The van der Waals surface area contributed by atoms with E-state index < -0.39 is 30.5 Å². The zero-order chi connectivity index (χ0) is 18.1. The second-order valence-electron chi connectivity index (χ2n) is 4.84. The van der Waals surface area contributed by atoms with Crippen LogP contribution in [0, 0.1) is 11.3 Å². The Hall–Kier alpha value is -3.12. The molecule has 0 aromatic heterocycles. The first-order valence-electron chi connectivity index (χ1n) is 6.96. The van der Waals surface area contributed by atoms with Gasteiger partial charge in [-0.15, -0.1) is 0 Å². The Morgan fingerprint density at radius 1 is 1.38 bits per heavy atom. The van der Waals surface area contributed by atoms with Gasteiger partial charge in [-0.05, 0) is 24.1 Å². The third kappa shape index (κ3) is 5.94. The summed E-state index contributed by atoms with van der Waals surface area (Å²) in [6.45, 7) is -0.384. The van der Waals surface area contributed by atoms with Crippen molar-refractivity contribution in [2.24, 2.45) is 5.73 Å². The molecule has 5 N–H and O–H groups in total. The molecule has 0 saturated carbocycles. The predicted molar refractivity (Wildman–Crippen MR) is 80.7 cm³/mol. The maximum atomic E-state index is 11.7. The van der Waals surface area contributed by atoms with Crippen LogP contribution in [-0.4, -0.2) is 40.7 Å². The van der Waals surface area contributed by atoms with Gasteiger partial charge < -0.3 is 26.0 Å². The molecule has 1 atom stereocenters. The van der Waals surface area contributed by atoms with Crippen LogP contribution in [0.25, 0.3) is 0 Å². The molecule has 0 aliphatic carbocycles. The lowest BCUT2D eigenvalue weighted by Gasteiger charge is -2.12. The minimum absolute atomic E-state index is 0.0100. The molecule has 0 aliphatic heterocycles. The number of phenols is 1. The molecular formula is C15H17N3O6. The molecule has 1 unspecified atom stereocenters. The van der Waals surface area contributed by atoms with Crippen LogP contribution >= 0.6 is 0 Å². The van der Waals surface area contributed by atoms with Gasteiger partial charge in [-0.25, -0.2) is 4.79 Å². The highest BCUT2D eigenvalue weighted by atomic mass is 16.5. The number of carboxylic acid groups (broad SMARTS) is 1. The van der Waals surface area contributed by atoms with Gasteiger partial charge in [-0.2, -0.15) is 5.26 Å². The Bertz CT molecular complexity index is 668. The topological polar surface area (TPSA) is 163 Å². The van der Waals surface area contributed by atoms with Gasteiger partial charge in [0.15, 0.2) is 6.61 Å². The monoisotopic (exact) mass is 335 g/mol. The highest BCUT2D eigenvalue weighted by Gasteiger charge is 2.16. The van der Waals surface area contributed by atoms with Crippen molar-refractivity contribution in [2.45, 2.75) is 25.4 Å². The van der Waals surface area contributed by atoms with Gasteiger partial charge in [0.25, 0.3) is 0 Å². The summed E-state index contributed by atoms with van der Waals surface area (Å²) in [4.78, 5) is 33.7. The summed E-state index contributed by atoms with van der Waals surface area (Å²) >= 11 is 0. The Morgan fingerprint density at radius 2 is 2.08 bits per heavy atom. The molecule has 1 amide bonds. The Labute approximate surface area is 137 Å². The molecule has 9 nitrogen and oxygen atoms in total. The van der Waals surface area contributed by atoms with E-state index >= 15 is 0 Å². The average molecular weight is 335 g/mol. The maximum absolute atomic E-state index is 11.7. The number of aliphatic carboxylic acids is 1. The number of carbonyl (C=O) groups is 3. The van der Waals surface area contributed by atoms with Gasteiger partial charge in [-0.1, -0.05) is 6.07 Å². The van der Waals surface area contributed by atoms with Gasteiger partial charge in [0.2, 0.25) is 5.91 Å². The number of esters is 1. The Balaban J connectivity index is 2.59. The standard InChI is InChI=1S/C15H17N3O6/c16-5-6-24-15(23)10-2-1-9(7-12(10)19)8-18-14(22)11(17)3-4-13(20)21/h1-2,7,11,19H,3-4,6,8,17H2,(H,18,22)(H,20,21). The number of nitrogens with two attached hydrogens (primary N) is 1. The summed E-state index contributed by atoms with van der Waals surface area (Å²) in [5.41, 5.74) is 5.96. The van der Waals surface area contributed by atoms with Gasteiger partial charge in [0, 0.05) is 13.0 Å². The number of rotatable bonds is 8. The zero-order valence-electron chi connectivity index (χ0n) is 12.7. The fourth-order valence-electron chi connectivity index (χ4n) is 1.77. The first kappa shape index (κ1) is 18.9. The molecular weight excluding hydrogens is 318 g/mol. The molecule has 0 aliphatic rings. The number of nitriles is 1. The third-order valence-electron chi connectivity index (χ3n) is 3.02. The van der Waals surface area contributed by atoms with Crippen LogP contribution in [0.15, 0.2) is 18.2 Å². The average Bonchev–Trinajstić information content (AvgIpc) is 2.55. The normalized spacial score (nSPS) is 11.2. The van der Waals surface area contributed by atoms with Crippen molar-refractivity contribution < 1.29 is 29.3 Å². The van der Waals surface area contributed by atoms with E-state index in [9.17, 15) is 19.5 Å². The van der Waals surface area contributed by atoms with Crippen molar-refractivity contribution in [3.05, 3.63) is 29.3 Å². The molecule has 0 spiro atoms. The largest absolute Gasteiger partial charge is 0.507 e. The molecule has 1 aromatic rings. The second-order valence-corrected chi connectivity index (χ2v) is 4.84. The van der Waals surface area contributed by atoms with Crippen LogP contribution in [0.5, 0.6) is 5.75 Å². The van der Waals surface area contributed by atoms with Crippen LogP contribution in [0.1, 0.15) is 28.8 Å². The quantitative estimate of drug-likeness (QED) is 0.478. The summed E-state index contributed by atoms with van der Waals surface area (Å²) in [7, 11) is 0. The number of carboxylic acids is 1. The van der Waals surface area contributed by atoms with Crippen LogP contribution in [0.4, 0.5) is 0 Å². The molecule has 24 heavy (non-hydrogen) atoms. The molecule has 1 rings (SSSR count). The number of aromatic hydroxyl groups is 1. The lowest BCUT2D eigenvalue weighted by atomic mass is 10.1. The van der Waals surface area contributed by atoms with E-state index in [1.165, 1.54) is 18.2 Å². The van der Waals surface area contributed by atoms with Gasteiger partial charge in [0.1, 0.15) is 17.4 Å². The summed E-state index contributed by atoms with van der Waals surface area (Å²) in [5.74, 6) is -2.74. The number of hydrogen-bond donors (Lipinski definition) is 4. The molecule has 128 valence electrons. The lowest BCUT2D eigenvalue weighted by Crippen LogP contribution is -2.40. The third-order valence-corrected chi connectivity index (χ3v) is 3.02. The molecule has 0 bridgehead atoms. The molecule has 0 heterocycles. The van der Waals surface area contributed by atoms with Crippen LogP contribution in [-0.2, 0) is 20.9 Å². The van der Waals surface area contributed by atoms with E-state index in [0.29, 0.717) is 5.56 Å². The van der Waals surface area contributed by atoms with Crippen molar-refractivity contribution in [2.75, 3.05) is 6.61 Å². The summed E-state index contributed by atoms with van der Waals surface area (Å²) < 4.78 is 4.58. The first-order valence-corrected chi connectivity index (χ1v) is 6.96. The van der Waals surface area contributed by atoms with Gasteiger partial charge >= 0.3 is 11.9 Å². The number of ether oxygens (including phenoxy) is 1. The van der Waals surface area contributed by atoms with E-state index in [0.717, 1.165) is 0 Å². The Kier molecular flexibility index (Phi) is 7.19. The smallest absolute Gasteiger partial charge is 0.342 e. The maximum Gasteiger partial charge on any atom is 0.342 e.